The number of carbonyl (C=O) groups excluding carboxylic acids is 2. The van der Waals surface area contributed by atoms with E-state index in [4.69, 9.17) is 12.2 Å². The molecular formula is C16H21N3O2S. The zero-order valence-corrected chi connectivity index (χ0v) is 13.2. The van der Waals surface area contributed by atoms with Crippen molar-refractivity contribution in [2.24, 2.45) is 5.92 Å². The number of amides is 2. The molecule has 1 aliphatic carbocycles. The lowest BCUT2D eigenvalue weighted by atomic mass is 9.89. The minimum Gasteiger partial charge on any atom is -0.302 e. The van der Waals surface area contributed by atoms with Crippen molar-refractivity contribution < 1.29 is 9.59 Å². The van der Waals surface area contributed by atoms with Crippen LogP contribution in [0, 0.1) is 5.92 Å². The fourth-order valence-corrected chi connectivity index (χ4v) is 2.71. The van der Waals surface area contributed by atoms with E-state index >= 15 is 0 Å². The third kappa shape index (κ3) is 5.44. The van der Waals surface area contributed by atoms with Gasteiger partial charge in [0.15, 0.2) is 5.11 Å². The number of thiocarbonyl (C=S) groups is 1. The van der Waals surface area contributed by atoms with E-state index in [1.165, 1.54) is 6.42 Å². The maximum Gasteiger partial charge on any atom is 0.242 e. The molecule has 1 fully saturated rings. The van der Waals surface area contributed by atoms with E-state index in [1.54, 1.807) is 0 Å². The summed E-state index contributed by atoms with van der Waals surface area (Å²) >= 11 is 5.02. The van der Waals surface area contributed by atoms with Crippen molar-refractivity contribution in [1.29, 1.82) is 0 Å². The summed E-state index contributed by atoms with van der Waals surface area (Å²) in [6.45, 7) is 0. The predicted molar refractivity (Wildman–Crippen MR) is 88.7 cm³/mol. The monoisotopic (exact) mass is 319 g/mol. The van der Waals surface area contributed by atoms with Crippen LogP contribution in [0.3, 0.4) is 0 Å². The molecule has 0 bridgehead atoms. The molecule has 0 radical (unpaired) electrons. The average molecular weight is 319 g/mol. The lowest BCUT2D eigenvalue weighted by Crippen LogP contribution is -2.50. The summed E-state index contributed by atoms with van der Waals surface area (Å²) in [5.41, 5.74) is 5.98. The largest absolute Gasteiger partial charge is 0.302 e. The third-order valence-corrected chi connectivity index (χ3v) is 3.94. The molecule has 1 aromatic rings. The van der Waals surface area contributed by atoms with Crippen molar-refractivity contribution in [3.63, 3.8) is 0 Å². The highest BCUT2D eigenvalue weighted by Crippen LogP contribution is 2.23. The standard InChI is InChI=1S/C16H21N3O2S/c20-14(11-12-7-3-1-4-8-12)18-19-16(22)17-15(21)13-9-5-2-6-10-13/h1,3-4,7-8,13H,2,5-6,9-11H2,(H,18,20)(H2,17,19,21,22). The summed E-state index contributed by atoms with van der Waals surface area (Å²) in [6, 6.07) is 9.41. The Kier molecular flexibility index (Phi) is 6.33. The molecule has 0 heterocycles. The lowest BCUT2D eigenvalue weighted by molar-refractivity contribution is -0.125. The molecule has 0 aliphatic heterocycles. The number of hydrogen-bond acceptors (Lipinski definition) is 3. The van der Waals surface area contributed by atoms with Gasteiger partial charge in [0.2, 0.25) is 11.8 Å². The molecular weight excluding hydrogens is 298 g/mol. The molecule has 0 spiro atoms. The number of hydrazine groups is 1. The van der Waals surface area contributed by atoms with Crippen molar-refractivity contribution in [2.75, 3.05) is 0 Å². The Labute approximate surface area is 135 Å². The van der Waals surface area contributed by atoms with Gasteiger partial charge in [0, 0.05) is 5.92 Å². The van der Waals surface area contributed by atoms with Gasteiger partial charge in [-0.2, -0.15) is 0 Å². The second-order valence-electron chi connectivity index (χ2n) is 5.49. The Morgan fingerprint density at radius 2 is 1.73 bits per heavy atom. The summed E-state index contributed by atoms with van der Waals surface area (Å²) in [4.78, 5) is 23.8. The normalized spacial score (nSPS) is 14.9. The fourth-order valence-electron chi connectivity index (χ4n) is 2.56. The van der Waals surface area contributed by atoms with E-state index < -0.39 is 0 Å². The predicted octanol–water partition coefficient (Wildman–Crippen LogP) is 1.83. The van der Waals surface area contributed by atoms with Crippen LogP contribution in [-0.4, -0.2) is 16.9 Å². The van der Waals surface area contributed by atoms with E-state index in [9.17, 15) is 9.59 Å². The van der Waals surface area contributed by atoms with Gasteiger partial charge in [-0.3, -0.25) is 20.4 Å². The van der Waals surface area contributed by atoms with E-state index in [-0.39, 0.29) is 29.3 Å². The molecule has 5 nitrogen and oxygen atoms in total. The lowest BCUT2D eigenvalue weighted by Gasteiger charge is -2.21. The minimum atomic E-state index is -0.208. The van der Waals surface area contributed by atoms with E-state index in [2.05, 4.69) is 16.2 Å². The Hall–Kier alpha value is -1.95. The zero-order chi connectivity index (χ0) is 15.8. The van der Waals surface area contributed by atoms with Gasteiger partial charge in [-0.25, -0.2) is 0 Å². The van der Waals surface area contributed by atoms with Crippen LogP contribution >= 0.6 is 12.2 Å². The number of benzene rings is 1. The molecule has 0 atom stereocenters. The van der Waals surface area contributed by atoms with Gasteiger partial charge in [0.05, 0.1) is 6.42 Å². The zero-order valence-electron chi connectivity index (χ0n) is 12.4. The van der Waals surface area contributed by atoms with Crippen LogP contribution in [0.1, 0.15) is 37.7 Å². The summed E-state index contributed by atoms with van der Waals surface area (Å²) < 4.78 is 0. The molecule has 2 rings (SSSR count). The van der Waals surface area contributed by atoms with Gasteiger partial charge in [0.1, 0.15) is 0 Å². The van der Waals surface area contributed by atoms with Crippen LogP contribution in [0.2, 0.25) is 0 Å². The first-order valence-electron chi connectivity index (χ1n) is 7.59. The summed E-state index contributed by atoms with van der Waals surface area (Å²) in [5.74, 6) is -0.233. The first-order valence-corrected chi connectivity index (χ1v) is 7.99. The van der Waals surface area contributed by atoms with Crippen molar-refractivity contribution in [3.05, 3.63) is 35.9 Å². The van der Waals surface area contributed by atoms with Crippen LogP contribution < -0.4 is 16.2 Å². The summed E-state index contributed by atoms with van der Waals surface area (Å²) in [5, 5.41) is 2.77. The molecule has 1 aromatic carbocycles. The van der Waals surface area contributed by atoms with Crippen molar-refractivity contribution >= 4 is 29.1 Å². The van der Waals surface area contributed by atoms with E-state index in [1.807, 2.05) is 30.3 Å². The average Bonchev–Trinajstić information content (AvgIpc) is 2.55. The molecule has 3 N–H and O–H groups in total. The smallest absolute Gasteiger partial charge is 0.242 e. The quantitative estimate of drug-likeness (QED) is 0.587. The maximum atomic E-state index is 12.0. The number of hydrogen-bond donors (Lipinski definition) is 3. The third-order valence-electron chi connectivity index (χ3n) is 3.74. The Morgan fingerprint density at radius 1 is 1.05 bits per heavy atom. The molecule has 0 saturated heterocycles. The van der Waals surface area contributed by atoms with Gasteiger partial charge in [-0.05, 0) is 30.6 Å². The SMILES string of the molecule is O=C(Cc1ccccc1)NNC(=S)NC(=O)C1CCCCC1. The highest BCUT2D eigenvalue weighted by atomic mass is 32.1. The van der Waals surface area contributed by atoms with Gasteiger partial charge in [-0.15, -0.1) is 0 Å². The highest BCUT2D eigenvalue weighted by molar-refractivity contribution is 7.80. The number of nitrogens with one attached hydrogen (secondary N) is 3. The van der Waals surface area contributed by atoms with Gasteiger partial charge >= 0.3 is 0 Å². The Bertz CT molecular complexity index is 527. The van der Waals surface area contributed by atoms with Crippen molar-refractivity contribution in [2.45, 2.75) is 38.5 Å². The van der Waals surface area contributed by atoms with Crippen molar-refractivity contribution in [3.8, 4) is 0 Å². The minimum absolute atomic E-state index is 0.0357. The van der Waals surface area contributed by atoms with Crippen LogP contribution in [0.5, 0.6) is 0 Å². The molecule has 1 saturated carbocycles. The second-order valence-corrected chi connectivity index (χ2v) is 5.90. The maximum absolute atomic E-state index is 12.0. The van der Waals surface area contributed by atoms with Crippen LogP contribution in [0.25, 0.3) is 0 Å². The molecule has 6 heteroatoms. The summed E-state index contributed by atoms with van der Waals surface area (Å²) in [6.07, 6.45) is 5.46. The second kappa shape index (κ2) is 8.48. The highest BCUT2D eigenvalue weighted by Gasteiger charge is 2.21. The number of rotatable bonds is 3. The topological polar surface area (TPSA) is 70.2 Å². The van der Waals surface area contributed by atoms with E-state index in [0.29, 0.717) is 0 Å². The van der Waals surface area contributed by atoms with Crippen LogP contribution in [0.4, 0.5) is 0 Å². The van der Waals surface area contributed by atoms with Crippen molar-refractivity contribution in [1.82, 2.24) is 16.2 Å². The summed E-state index contributed by atoms with van der Waals surface area (Å²) in [7, 11) is 0. The molecule has 1 aliphatic rings. The van der Waals surface area contributed by atoms with Gasteiger partial charge < -0.3 is 5.32 Å². The van der Waals surface area contributed by atoms with Gasteiger partial charge in [0.25, 0.3) is 0 Å². The molecule has 118 valence electrons. The molecule has 0 aromatic heterocycles. The van der Waals surface area contributed by atoms with Crippen LogP contribution in [0.15, 0.2) is 30.3 Å². The molecule has 2 amide bonds. The Morgan fingerprint density at radius 3 is 2.41 bits per heavy atom. The van der Waals surface area contributed by atoms with Gasteiger partial charge in [-0.1, -0.05) is 49.6 Å². The first kappa shape index (κ1) is 16.4. The number of carbonyl (C=O) groups is 2. The molecule has 22 heavy (non-hydrogen) atoms. The fraction of sp³-hybridized carbons (Fsp3) is 0.438. The molecule has 0 unspecified atom stereocenters. The van der Waals surface area contributed by atoms with E-state index in [0.717, 1.165) is 31.2 Å². The van der Waals surface area contributed by atoms with Crippen LogP contribution in [-0.2, 0) is 16.0 Å². The first-order chi connectivity index (χ1) is 10.6. The Balaban J connectivity index is 1.68.